The first-order valence-corrected chi connectivity index (χ1v) is 8.24. The molecule has 3 rings (SSSR count). The van der Waals surface area contributed by atoms with Gasteiger partial charge in [-0.25, -0.2) is 0 Å². The van der Waals surface area contributed by atoms with E-state index in [2.05, 4.69) is 24.4 Å². The van der Waals surface area contributed by atoms with Crippen LogP contribution in [0.4, 0.5) is 4.39 Å². The van der Waals surface area contributed by atoms with Gasteiger partial charge in [-0.3, -0.25) is 0 Å². The second kappa shape index (κ2) is 6.90. The number of phenols is 1. The Labute approximate surface area is 142 Å². The van der Waals surface area contributed by atoms with Crippen LogP contribution in [0.25, 0.3) is 0 Å². The zero-order valence-corrected chi connectivity index (χ0v) is 13.8. The SMILES string of the molecule is C=C=C(F)/C(=C\C)C1c2ccc(O)cc2CCC1c1ccccc1. The topological polar surface area (TPSA) is 20.2 Å². The Balaban J connectivity index is 2.17. The lowest BCUT2D eigenvalue weighted by molar-refractivity contribution is 0.467. The lowest BCUT2D eigenvalue weighted by Gasteiger charge is -2.35. The molecule has 0 aliphatic heterocycles. The number of rotatable bonds is 3. The number of halogens is 1. The Morgan fingerprint density at radius 1 is 1.25 bits per heavy atom. The molecule has 0 amide bonds. The predicted octanol–water partition coefficient (Wildman–Crippen LogP) is 5.79. The van der Waals surface area contributed by atoms with E-state index in [1.165, 1.54) is 5.56 Å². The lowest BCUT2D eigenvalue weighted by Crippen LogP contribution is -2.21. The smallest absolute Gasteiger partial charge is 0.168 e. The van der Waals surface area contributed by atoms with Crippen molar-refractivity contribution in [1.82, 2.24) is 0 Å². The van der Waals surface area contributed by atoms with Gasteiger partial charge in [-0.15, -0.1) is 0 Å². The molecule has 122 valence electrons. The summed E-state index contributed by atoms with van der Waals surface area (Å²) >= 11 is 0. The number of aryl methyl sites for hydroxylation is 1. The Hall–Kier alpha value is -2.57. The maximum atomic E-state index is 14.5. The van der Waals surface area contributed by atoms with Crippen LogP contribution >= 0.6 is 0 Å². The van der Waals surface area contributed by atoms with Gasteiger partial charge in [-0.05, 0) is 60.1 Å². The molecule has 0 bridgehead atoms. The van der Waals surface area contributed by atoms with Gasteiger partial charge >= 0.3 is 0 Å². The molecule has 1 N–H and O–H groups in total. The van der Waals surface area contributed by atoms with Crippen LogP contribution in [0.1, 0.15) is 41.9 Å². The molecule has 0 fully saturated rings. The highest BCUT2D eigenvalue weighted by atomic mass is 19.1. The number of hydrogen-bond acceptors (Lipinski definition) is 1. The standard InChI is InChI=1S/C22H21FO/c1-3-18(21(23)4-2)22-19(15-8-6-5-7-9-15)12-10-16-14-17(24)11-13-20(16)22/h3,5-9,11,13-14,19,22,24H,2,10,12H2,1H3/b18-3+. The third-order valence-electron chi connectivity index (χ3n) is 4.87. The number of benzene rings is 2. The molecule has 24 heavy (non-hydrogen) atoms. The van der Waals surface area contributed by atoms with E-state index >= 15 is 0 Å². The van der Waals surface area contributed by atoms with Crippen LogP contribution in [0.2, 0.25) is 0 Å². The molecule has 0 radical (unpaired) electrons. The summed E-state index contributed by atoms with van der Waals surface area (Å²) < 4.78 is 14.5. The Kier molecular flexibility index (Phi) is 4.69. The largest absolute Gasteiger partial charge is 0.508 e. The van der Waals surface area contributed by atoms with Gasteiger partial charge in [0.25, 0.3) is 0 Å². The zero-order valence-electron chi connectivity index (χ0n) is 13.8. The molecule has 0 heterocycles. The number of allylic oxidation sites excluding steroid dienone is 3. The van der Waals surface area contributed by atoms with Crippen molar-refractivity contribution in [2.45, 2.75) is 31.6 Å². The molecule has 0 saturated heterocycles. The first-order chi connectivity index (χ1) is 11.7. The number of aromatic hydroxyl groups is 1. The van der Waals surface area contributed by atoms with Crippen molar-refractivity contribution in [3.8, 4) is 5.75 Å². The van der Waals surface area contributed by atoms with Crippen LogP contribution in [-0.4, -0.2) is 5.11 Å². The second-order valence-electron chi connectivity index (χ2n) is 6.15. The fourth-order valence-electron chi connectivity index (χ4n) is 3.79. The summed E-state index contributed by atoms with van der Waals surface area (Å²) in [5.74, 6) is -0.0543. The van der Waals surface area contributed by atoms with E-state index in [0.29, 0.717) is 5.57 Å². The Morgan fingerprint density at radius 2 is 2.00 bits per heavy atom. The molecule has 0 aromatic heterocycles. The first kappa shape index (κ1) is 16.3. The molecular weight excluding hydrogens is 299 g/mol. The Bertz CT molecular complexity index is 813. The van der Waals surface area contributed by atoms with Crippen LogP contribution in [-0.2, 0) is 6.42 Å². The molecular formula is C22H21FO. The maximum absolute atomic E-state index is 14.5. The second-order valence-corrected chi connectivity index (χ2v) is 6.15. The summed E-state index contributed by atoms with van der Waals surface area (Å²) in [6.07, 6.45) is 3.60. The van der Waals surface area contributed by atoms with Gasteiger partial charge in [-0.2, -0.15) is 4.39 Å². The van der Waals surface area contributed by atoms with Crippen LogP contribution in [0.15, 0.2) is 78.3 Å². The van der Waals surface area contributed by atoms with E-state index in [9.17, 15) is 9.50 Å². The third-order valence-corrected chi connectivity index (χ3v) is 4.87. The average molecular weight is 320 g/mol. The van der Waals surface area contributed by atoms with E-state index in [4.69, 9.17) is 0 Å². The van der Waals surface area contributed by atoms with Crippen molar-refractivity contribution in [2.75, 3.05) is 0 Å². The number of hydrogen-bond donors (Lipinski definition) is 1. The summed E-state index contributed by atoms with van der Waals surface area (Å²) in [7, 11) is 0. The molecule has 2 atom stereocenters. The monoisotopic (exact) mass is 320 g/mol. The molecule has 1 aliphatic carbocycles. The van der Waals surface area contributed by atoms with Gasteiger partial charge in [0.15, 0.2) is 5.83 Å². The minimum atomic E-state index is -0.399. The quantitative estimate of drug-likeness (QED) is 0.560. The van der Waals surface area contributed by atoms with Crippen LogP contribution < -0.4 is 0 Å². The third kappa shape index (κ3) is 2.93. The summed E-state index contributed by atoms with van der Waals surface area (Å²) in [5, 5.41) is 9.79. The van der Waals surface area contributed by atoms with Crippen molar-refractivity contribution in [1.29, 1.82) is 0 Å². The molecule has 0 spiro atoms. The molecule has 1 nitrogen and oxygen atoms in total. The summed E-state index contributed by atoms with van der Waals surface area (Å²) in [4.78, 5) is 0. The molecule has 2 aromatic carbocycles. The van der Waals surface area contributed by atoms with Gasteiger partial charge in [0.05, 0.1) is 0 Å². The van der Waals surface area contributed by atoms with Crippen molar-refractivity contribution in [3.05, 3.63) is 95.0 Å². The summed E-state index contributed by atoms with van der Waals surface area (Å²) in [6.45, 7) is 5.32. The number of fused-ring (bicyclic) bond motifs is 1. The van der Waals surface area contributed by atoms with Gasteiger partial charge in [-0.1, -0.05) is 54.8 Å². The fourth-order valence-corrected chi connectivity index (χ4v) is 3.79. The van der Waals surface area contributed by atoms with Crippen LogP contribution in [0, 0.1) is 0 Å². The van der Waals surface area contributed by atoms with E-state index in [0.717, 1.165) is 24.0 Å². The van der Waals surface area contributed by atoms with E-state index in [1.54, 1.807) is 12.1 Å². The van der Waals surface area contributed by atoms with Crippen molar-refractivity contribution >= 4 is 0 Å². The van der Waals surface area contributed by atoms with E-state index < -0.39 is 5.83 Å². The minimum absolute atomic E-state index is 0.101. The minimum Gasteiger partial charge on any atom is -0.508 e. The fraction of sp³-hybridized carbons (Fsp3) is 0.227. The van der Waals surface area contributed by atoms with Crippen LogP contribution in [0.3, 0.4) is 0 Å². The summed E-state index contributed by atoms with van der Waals surface area (Å²) in [5.41, 5.74) is 6.39. The molecule has 2 heteroatoms. The van der Waals surface area contributed by atoms with Crippen LogP contribution in [0.5, 0.6) is 5.75 Å². The van der Waals surface area contributed by atoms with E-state index in [1.807, 2.05) is 37.3 Å². The highest BCUT2D eigenvalue weighted by Gasteiger charge is 2.34. The highest BCUT2D eigenvalue weighted by Crippen LogP contribution is 2.48. The average Bonchev–Trinajstić information content (AvgIpc) is 2.62. The Morgan fingerprint density at radius 3 is 2.67 bits per heavy atom. The zero-order chi connectivity index (χ0) is 17.1. The molecule has 2 aromatic rings. The van der Waals surface area contributed by atoms with Crippen molar-refractivity contribution < 1.29 is 9.50 Å². The van der Waals surface area contributed by atoms with Gasteiger partial charge < -0.3 is 5.11 Å². The molecule has 0 saturated carbocycles. The lowest BCUT2D eigenvalue weighted by atomic mass is 9.68. The van der Waals surface area contributed by atoms with Gasteiger partial charge in [0, 0.05) is 5.92 Å². The van der Waals surface area contributed by atoms with Gasteiger partial charge in [0.1, 0.15) is 5.75 Å². The van der Waals surface area contributed by atoms with Crippen molar-refractivity contribution in [3.63, 3.8) is 0 Å². The molecule has 1 aliphatic rings. The van der Waals surface area contributed by atoms with Gasteiger partial charge in [0.2, 0.25) is 0 Å². The van der Waals surface area contributed by atoms with Crippen molar-refractivity contribution in [2.24, 2.45) is 0 Å². The normalized spacial score (nSPS) is 20.2. The first-order valence-electron chi connectivity index (χ1n) is 8.24. The molecule has 2 unspecified atom stereocenters. The summed E-state index contributed by atoms with van der Waals surface area (Å²) in [6, 6.07) is 15.6. The highest BCUT2D eigenvalue weighted by molar-refractivity contribution is 5.49. The van der Waals surface area contributed by atoms with E-state index in [-0.39, 0.29) is 17.6 Å². The maximum Gasteiger partial charge on any atom is 0.168 e. The number of phenolic OH excluding ortho intramolecular Hbond substituents is 1. The predicted molar refractivity (Wildman–Crippen MR) is 95.9 cm³/mol.